The molecule has 0 radical (unpaired) electrons. The Balaban J connectivity index is 1.26. The monoisotopic (exact) mass is 490 g/mol. The van der Waals surface area contributed by atoms with Crippen molar-refractivity contribution in [1.29, 1.82) is 0 Å². The molecule has 6 rings (SSSR count). The lowest BCUT2D eigenvalue weighted by atomic mass is 9.58. The van der Waals surface area contributed by atoms with E-state index in [2.05, 4.69) is 34.1 Å². The predicted octanol–water partition coefficient (Wildman–Crippen LogP) is 2.19. The number of rotatable bonds is 7. The number of aliphatic imine (C=N–C) groups is 1. The molecule has 1 aromatic rings. The normalized spacial score (nSPS) is 39.9. The number of aliphatic carboxylic acids is 1. The Morgan fingerprint density at radius 3 is 2.86 bits per heavy atom. The van der Waals surface area contributed by atoms with Crippen molar-refractivity contribution in [3.63, 3.8) is 0 Å². The fraction of sp³-hybridized carbons (Fsp3) is 0.750. The fourth-order valence-corrected chi connectivity index (χ4v) is 6.31. The molecular weight excluding hydrogens is 456 g/mol. The topological polar surface area (TPSA) is 144 Å². The average Bonchev–Trinajstić information content (AvgIpc) is 3.22. The number of amides is 1. The molecule has 1 aromatic heterocycles. The number of fused-ring (bicyclic) bond motifs is 2. The van der Waals surface area contributed by atoms with Gasteiger partial charge in [-0.25, -0.2) is 19.6 Å². The largest absolute Gasteiger partial charge is 0.480 e. The van der Waals surface area contributed by atoms with E-state index < -0.39 is 29.7 Å². The van der Waals surface area contributed by atoms with E-state index in [1.807, 2.05) is 6.92 Å². The second kappa shape index (κ2) is 9.18. The minimum absolute atomic E-state index is 0.0221. The molecule has 8 unspecified atom stereocenters. The van der Waals surface area contributed by atoms with Crippen molar-refractivity contribution in [2.75, 3.05) is 6.54 Å². The highest BCUT2D eigenvalue weighted by Gasteiger charge is 2.69. The van der Waals surface area contributed by atoms with Gasteiger partial charge in [-0.1, -0.05) is 13.8 Å². The van der Waals surface area contributed by atoms with Crippen LogP contribution in [0.4, 0.5) is 0 Å². The standard InChI is InChI=1S/C24H34N4O7/c1-13-4-5-17-14(2)20(32-22-24(17)16(13)6-8-23(3,33-22)34-35-24)26-9-7-19(29)28-18(21(30)31)10-15-11-25-12-27-15/h11-14,16-18,22H,4-10H2,1-3H3,(H,25,27)(H,28,29)(H,30,31)/b26-20+. The van der Waals surface area contributed by atoms with E-state index in [1.165, 1.54) is 12.5 Å². The molecule has 5 aliphatic rings. The van der Waals surface area contributed by atoms with Gasteiger partial charge in [0.1, 0.15) is 6.04 Å². The van der Waals surface area contributed by atoms with Crippen LogP contribution in [0.1, 0.15) is 58.6 Å². The Hall–Kier alpha value is -2.50. The van der Waals surface area contributed by atoms with E-state index in [0.717, 1.165) is 25.7 Å². The maximum absolute atomic E-state index is 12.5. The molecule has 8 atom stereocenters. The number of aromatic nitrogens is 2. The Morgan fingerprint density at radius 1 is 1.29 bits per heavy atom. The lowest BCUT2D eigenvalue weighted by Gasteiger charge is -2.58. The number of imidazole rings is 1. The van der Waals surface area contributed by atoms with Gasteiger partial charge in [0, 0.05) is 48.9 Å². The molecule has 192 valence electrons. The molecule has 35 heavy (non-hydrogen) atoms. The first kappa shape index (κ1) is 24.2. The van der Waals surface area contributed by atoms with E-state index >= 15 is 0 Å². The van der Waals surface area contributed by atoms with Gasteiger partial charge in [0.15, 0.2) is 11.5 Å². The third-order valence-electron chi connectivity index (χ3n) is 8.22. The number of carboxylic acids is 1. The van der Waals surface area contributed by atoms with Gasteiger partial charge in [0.25, 0.3) is 0 Å². The SMILES string of the molecule is CC1CCC2C(C)/C(=N\CCC(=O)NC(Cc3cnc[nH]3)C(=O)O)OC3OC4(C)CCC1C32OO4. The van der Waals surface area contributed by atoms with Crippen LogP contribution in [-0.2, 0) is 35.3 Å². The first-order chi connectivity index (χ1) is 16.7. The zero-order valence-electron chi connectivity index (χ0n) is 20.4. The molecule has 4 aliphatic heterocycles. The van der Waals surface area contributed by atoms with Gasteiger partial charge in [-0.3, -0.25) is 9.79 Å². The van der Waals surface area contributed by atoms with Crippen LogP contribution in [-0.4, -0.2) is 63.1 Å². The molecule has 0 aromatic carbocycles. The van der Waals surface area contributed by atoms with Crippen LogP contribution in [0.3, 0.4) is 0 Å². The van der Waals surface area contributed by atoms with Crippen molar-refractivity contribution in [2.24, 2.45) is 28.7 Å². The second-order valence-electron chi connectivity index (χ2n) is 10.5. The van der Waals surface area contributed by atoms with Crippen molar-refractivity contribution >= 4 is 17.8 Å². The highest BCUT2D eigenvalue weighted by Crippen LogP contribution is 2.59. The first-order valence-corrected chi connectivity index (χ1v) is 12.5. The lowest BCUT2D eigenvalue weighted by Crippen LogP contribution is -2.69. The fourth-order valence-electron chi connectivity index (χ4n) is 6.31. The minimum Gasteiger partial charge on any atom is -0.480 e. The molecule has 11 nitrogen and oxygen atoms in total. The summed E-state index contributed by atoms with van der Waals surface area (Å²) in [5.41, 5.74) is -0.0285. The van der Waals surface area contributed by atoms with Gasteiger partial charge in [-0.15, -0.1) is 0 Å². The van der Waals surface area contributed by atoms with E-state index in [9.17, 15) is 14.7 Å². The summed E-state index contributed by atoms with van der Waals surface area (Å²) in [5.74, 6) is -0.943. The van der Waals surface area contributed by atoms with Gasteiger partial charge >= 0.3 is 5.97 Å². The van der Waals surface area contributed by atoms with E-state index in [0.29, 0.717) is 17.5 Å². The Labute approximate surface area is 203 Å². The summed E-state index contributed by atoms with van der Waals surface area (Å²) in [6.07, 6.45) is 6.30. The number of aromatic amines is 1. The molecule has 1 saturated carbocycles. The zero-order valence-corrected chi connectivity index (χ0v) is 20.4. The van der Waals surface area contributed by atoms with Crippen molar-refractivity contribution in [1.82, 2.24) is 15.3 Å². The summed E-state index contributed by atoms with van der Waals surface area (Å²) >= 11 is 0. The molecule has 2 bridgehead atoms. The average molecular weight is 491 g/mol. The van der Waals surface area contributed by atoms with Gasteiger partial charge in [0.05, 0.1) is 12.9 Å². The highest BCUT2D eigenvalue weighted by atomic mass is 17.3. The Bertz CT molecular complexity index is 985. The van der Waals surface area contributed by atoms with Gasteiger partial charge in [-0.05, 0) is 32.1 Å². The molecule has 5 fully saturated rings. The molecule has 11 heteroatoms. The molecule has 4 saturated heterocycles. The number of carboxylic acid groups (broad SMARTS) is 1. The first-order valence-electron chi connectivity index (χ1n) is 12.5. The van der Waals surface area contributed by atoms with Crippen molar-refractivity contribution in [3.05, 3.63) is 18.2 Å². The second-order valence-corrected chi connectivity index (χ2v) is 10.5. The number of H-pyrrole nitrogens is 1. The third-order valence-corrected chi connectivity index (χ3v) is 8.22. The number of hydrogen-bond acceptors (Lipinski definition) is 8. The van der Waals surface area contributed by atoms with Gasteiger partial charge in [0.2, 0.25) is 18.0 Å². The summed E-state index contributed by atoms with van der Waals surface area (Å²) in [5, 5.41) is 12.0. The van der Waals surface area contributed by atoms with Crippen LogP contribution in [0.15, 0.2) is 17.5 Å². The van der Waals surface area contributed by atoms with Crippen LogP contribution in [0.2, 0.25) is 0 Å². The van der Waals surface area contributed by atoms with Crippen LogP contribution >= 0.6 is 0 Å². The maximum atomic E-state index is 12.5. The molecule has 1 spiro atoms. The van der Waals surface area contributed by atoms with Gasteiger partial charge < -0.3 is 24.9 Å². The Morgan fingerprint density at radius 2 is 2.11 bits per heavy atom. The quantitative estimate of drug-likeness (QED) is 0.494. The number of nitrogens with zero attached hydrogens (tertiary/aromatic N) is 2. The van der Waals surface area contributed by atoms with Crippen molar-refractivity contribution < 1.29 is 33.9 Å². The summed E-state index contributed by atoms with van der Waals surface area (Å²) < 4.78 is 12.6. The lowest BCUT2D eigenvalue weighted by molar-refractivity contribution is -0.557. The summed E-state index contributed by atoms with van der Waals surface area (Å²) in [6.45, 7) is 6.40. The van der Waals surface area contributed by atoms with Crippen LogP contribution in [0.5, 0.6) is 0 Å². The smallest absolute Gasteiger partial charge is 0.326 e. The van der Waals surface area contributed by atoms with Crippen molar-refractivity contribution in [3.8, 4) is 0 Å². The zero-order chi connectivity index (χ0) is 24.8. The van der Waals surface area contributed by atoms with E-state index in [1.54, 1.807) is 0 Å². The highest BCUT2D eigenvalue weighted by molar-refractivity contribution is 5.84. The molecule has 5 heterocycles. The van der Waals surface area contributed by atoms with E-state index in [-0.39, 0.29) is 43.0 Å². The molecule has 1 aliphatic carbocycles. The predicted molar refractivity (Wildman–Crippen MR) is 122 cm³/mol. The molecular formula is C24H34N4O7. The molecule has 1 amide bonds. The van der Waals surface area contributed by atoms with Crippen LogP contribution in [0, 0.1) is 23.7 Å². The third kappa shape index (κ3) is 4.34. The number of hydrogen-bond donors (Lipinski definition) is 3. The number of ether oxygens (including phenoxy) is 2. The van der Waals surface area contributed by atoms with Crippen LogP contribution < -0.4 is 5.32 Å². The minimum atomic E-state index is -1.11. The molecule has 3 N–H and O–H groups in total. The van der Waals surface area contributed by atoms with Crippen LogP contribution in [0.25, 0.3) is 0 Å². The number of carbonyl (C=O) groups is 2. The van der Waals surface area contributed by atoms with Crippen molar-refractivity contribution in [2.45, 2.75) is 83.0 Å². The summed E-state index contributed by atoms with van der Waals surface area (Å²) in [6, 6.07) is -1.05. The summed E-state index contributed by atoms with van der Waals surface area (Å²) in [4.78, 5) is 47.3. The number of nitrogens with one attached hydrogen (secondary N) is 2. The number of carbonyl (C=O) groups excluding carboxylic acids is 1. The van der Waals surface area contributed by atoms with E-state index in [4.69, 9.17) is 19.2 Å². The van der Waals surface area contributed by atoms with Gasteiger partial charge in [-0.2, -0.15) is 0 Å². The maximum Gasteiger partial charge on any atom is 0.326 e. The Kier molecular flexibility index (Phi) is 6.35. The summed E-state index contributed by atoms with van der Waals surface area (Å²) in [7, 11) is 0.